The summed E-state index contributed by atoms with van der Waals surface area (Å²) in [5, 5.41) is 12.2. The van der Waals surface area contributed by atoms with Crippen LogP contribution in [0, 0.1) is 13.8 Å². The SMILES string of the molecule is Cc1ccc(C)c(S(=O)(=O)NCCC(=O)NCc2ccc(C(C)O)cc2)c1. The summed E-state index contributed by atoms with van der Waals surface area (Å²) in [6, 6.07) is 12.5. The van der Waals surface area contributed by atoms with Gasteiger partial charge in [-0.05, 0) is 49.1 Å². The number of aliphatic hydroxyl groups excluding tert-OH is 1. The number of carbonyl (C=O) groups excluding carboxylic acids is 1. The van der Waals surface area contributed by atoms with Crippen molar-refractivity contribution in [2.24, 2.45) is 0 Å². The fraction of sp³-hybridized carbons (Fsp3) is 0.350. The van der Waals surface area contributed by atoms with E-state index < -0.39 is 16.1 Å². The highest BCUT2D eigenvalue weighted by Gasteiger charge is 2.17. The van der Waals surface area contributed by atoms with E-state index in [1.807, 2.05) is 37.3 Å². The van der Waals surface area contributed by atoms with Gasteiger partial charge in [0, 0.05) is 19.5 Å². The molecule has 1 amide bonds. The predicted octanol–water partition coefficient (Wildman–Crippen LogP) is 2.34. The lowest BCUT2D eigenvalue weighted by Crippen LogP contribution is -2.31. The molecule has 7 heteroatoms. The zero-order valence-electron chi connectivity index (χ0n) is 15.8. The average Bonchev–Trinajstić information content (AvgIpc) is 2.62. The molecule has 0 aliphatic rings. The number of rotatable bonds is 8. The lowest BCUT2D eigenvalue weighted by atomic mass is 10.1. The fourth-order valence-corrected chi connectivity index (χ4v) is 3.94. The minimum Gasteiger partial charge on any atom is -0.389 e. The molecular formula is C20H26N2O4S. The fourth-order valence-electron chi connectivity index (χ4n) is 2.58. The molecule has 0 aliphatic heterocycles. The van der Waals surface area contributed by atoms with Gasteiger partial charge < -0.3 is 10.4 Å². The van der Waals surface area contributed by atoms with Crippen molar-refractivity contribution >= 4 is 15.9 Å². The third-order valence-corrected chi connectivity index (χ3v) is 5.83. The molecule has 27 heavy (non-hydrogen) atoms. The second kappa shape index (κ2) is 9.12. The number of sulfonamides is 1. The number of aliphatic hydroxyl groups is 1. The molecule has 0 spiro atoms. The Labute approximate surface area is 160 Å². The van der Waals surface area contributed by atoms with Crippen molar-refractivity contribution in [2.75, 3.05) is 6.54 Å². The molecule has 2 aromatic carbocycles. The summed E-state index contributed by atoms with van der Waals surface area (Å²) >= 11 is 0. The van der Waals surface area contributed by atoms with Gasteiger partial charge in [-0.3, -0.25) is 4.79 Å². The highest BCUT2D eigenvalue weighted by atomic mass is 32.2. The molecule has 1 atom stereocenters. The molecule has 2 aromatic rings. The topological polar surface area (TPSA) is 95.5 Å². The molecule has 146 valence electrons. The van der Waals surface area contributed by atoms with Gasteiger partial charge in [-0.2, -0.15) is 0 Å². The molecule has 6 nitrogen and oxygen atoms in total. The van der Waals surface area contributed by atoms with E-state index in [0.29, 0.717) is 12.1 Å². The Balaban J connectivity index is 1.82. The van der Waals surface area contributed by atoms with Crippen LogP contribution in [0.2, 0.25) is 0 Å². The van der Waals surface area contributed by atoms with Crippen LogP contribution in [0.4, 0.5) is 0 Å². The second-order valence-electron chi connectivity index (χ2n) is 6.61. The number of hydrogen-bond acceptors (Lipinski definition) is 4. The lowest BCUT2D eigenvalue weighted by molar-refractivity contribution is -0.121. The molecule has 0 heterocycles. The third-order valence-electron chi connectivity index (χ3n) is 4.23. The average molecular weight is 391 g/mol. The Morgan fingerprint density at radius 1 is 1.11 bits per heavy atom. The Hall–Kier alpha value is -2.22. The van der Waals surface area contributed by atoms with Crippen molar-refractivity contribution in [3.05, 3.63) is 64.7 Å². The van der Waals surface area contributed by atoms with E-state index in [9.17, 15) is 18.3 Å². The zero-order chi connectivity index (χ0) is 20.0. The largest absolute Gasteiger partial charge is 0.389 e. The van der Waals surface area contributed by atoms with Crippen LogP contribution in [0.3, 0.4) is 0 Å². The van der Waals surface area contributed by atoms with E-state index in [-0.39, 0.29) is 23.8 Å². The van der Waals surface area contributed by atoms with Crippen LogP contribution >= 0.6 is 0 Å². The Morgan fingerprint density at radius 2 is 1.78 bits per heavy atom. The number of nitrogens with one attached hydrogen (secondary N) is 2. The first-order valence-corrected chi connectivity index (χ1v) is 10.3. The van der Waals surface area contributed by atoms with Gasteiger partial charge in [-0.1, -0.05) is 36.4 Å². The normalized spacial score (nSPS) is 12.6. The maximum atomic E-state index is 12.4. The van der Waals surface area contributed by atoms with Gasteiger partial charge in [0.25, 0.3) is 0 Å². The first-order chi connectivity index (χ1) is 12.7. The van der Waals surface area contributed by atoms with Gasteiger partial charge in [-0.15, -0.1) is 0 Å². The molecule has 0 aromatic heterocycles. The maximum Gasteiger partial charge on any atom is 0.240 e. The molecule has 0 fully saturated rings. The van der Waals surface area contributed by atoms with Crippen molar-refractivity contribution in [1.82, 2.24) is 10.0 Å². The van der Waals surface area contributed by atoms with E-state index in [2.05, 4.69) is 10.0 Å². The molecule has 2 rings (SSSR count). The standard InChI is InChI=1S/C20H26N2O4S/c1-14-4-5-15(2)19(12-14)27(25,26)22-11-10-20(24)21-13-17-6-8-18(9-7-17)16(3)23/h4-9,12,16,22-23H,10-11,13H2,1-3H3,(H,21,24). The van der Waals surface area contributed by atoms with Crippen LogP contribution < -0.4 is 10.0 Å². The smallest absolute Gasteiger partial charge is 0.240 e. The van der Waals surface area contributed by atoms with Gasteiger partial charge in [0.15, 0.2) is 0 Å². The molecule has 0 radical (unpaired) electrons. The Morgan fingerprint density at radius 3 is 2.41 bits per heavy atom. The molecule has 1 unspecified atom stereocenters. The zero-order valence-corrected chi connectivity index (χ0v) is 16.6. The molecule has 0 aliphatic carbocycles. The van der Waals surface area contributed by atoms with E-state index in [1.54, 1.807) is 26.0 Å². The summed E-state index contributed by atoms with van der Waals surface area (Å²) < 4.78 is 27.3. The van der Waals surface area contributed by atoms with Crippen molar-refractivity contribution in [3.63, 3.8) is 0 Å². The maximum absolute atomic E-state index is 12.4. The van der Waals surface area contributed by atoms with Crippen LogP contribution in [0.1, 0.15) is 41.7 Å². The van der Waals surface area contributed by atoms with E-state index >= 15 is 0 Å². The third kappa shape index (κ3) is 6.16. The van der Waals surface area contributed by atoms with Crippen molar-refractivity contribution in [1.29, 1.82) is 0 Å². The number of amides is 1. The summed E-state index contributed by atoms with van der Waals surface area (Å²) in [5.41, 5.74) is 3.24. The van der Waals surface area contributed by atoms with Crippen LogP contribution in [-0.2, 0) is 21.4 Å². The van der Waals surface area contributed by atoms with E-state index in [4.69, 9.17) is 0 Å². The number of aryl methyl sites for hydroxylation is 2. The predicted molar refractivity (Wildman–Crippen MR) is 105 cm³/mol. The Bertz CT molecular complexity index is 891. The van der Waals surface area contributed by atoms with Gasteiger partial charge in [0.05, 0.1) is 11.0 Å². The van der Waals surface area contributed by atoms with E-state index in [0.717, 1.165) is 16.7 Å². The first kappa shape index (κ1) is 21.1. The summed E-state index contributed by atoms with van der Waals surface area (Å²) in [4.78, 5) is 12.2. The summed E-state index contributed by atoms with van der Waals surface area (Å²) in [5.74, 6) is -0.238. The van der Waals surface area contributed by atoms with Gasteiger partial charge in [0.1, 0.15) is 0 Å². The van der Waals surface area contributed by atoms with Crippen LogP contribution in [0.25, 0.3) is 0 Å². The minimum atomic E-state index is -3.64. The Kier molecular flexibility index (Phi) is 7.12. The number of hydrogen-bond donors (Lipinski definition) is 3. The first-order valence-electron chi connectivity index (χ1n) is 8.79. The van der Waals surface area contributed by atoms with Crippen LogP contribution in [0.15, 0.2) is 47.4 Å². The van der Waals surface area contributed by atoms with Gasteiger partial charge >= 0.3 is 0 Å². The van der Waals surface area contributed by atoms with Crippen LogP contribution in [-0.4, -0.2) is 26.0 Å². The quantitative estimate of drug-likeness (QED) is 0.645. The number of benzene rings is 2. The molecule has 0 bridgehead atoms. The molecule has 0 saturated heterocycles. The number of carbonyl (C=O) groups is 1. The lowest BCUT2D eigenvalue weighted by Gasteiger charge is -2.11. The summed E-state index contributed by atoms with van der Waals surface area (Å²) in [7, 11) is -3.64. The van der Waals surface area contributed by atoms with Crippen molar-refractivity contribution in [2.45, 2.75) is 44.7 Å². The van der Waals surface area contributed by atoms with E-state index in [1.165, 1.54) is 0 Å². The van der Waals surface area contributed by atoms with Crippen molar-refractivity contribution < 1.29 is 18.3 Å². The monoisotopic (exact) mass is 390 g/mol. The summed E-state index contributed by atoms with van der Waals surface area (Å²) in [6.07, 6.45) is -0.478. The van der Waals surface area contributed by atoms with Crippen molar-refractivity contribution in [3.8, 4) is 0 Å². The summed E-state index contributed by atoms with van der Waals surface area (Å²) in [6.45, 7) is 5.64. The molecular weight excluding hydrogens is 364 g/mol. The van der Waals surface area contributed by atoms with Crippen LogP contribution in [0.5, 0.6) is 0 Å². The minimum absolute atomic E-state index is 0.0303. The van der Waals surface area contributed by atoms with Gasteiger partial charge in [-0.25, -0.2) is 13.1 Å². The highest BCUT2D eigenvalue weighted by molar-refractivity contribution is 7.89. The molecule has 0 saturated carbocycles. The van der Waals surface area contributed by atoms with Gasteiger partial charge in [0.2, 0.25) is 15.9 Å². The second-order valence-corrected chi connectivity index (χ2v) is 8.35. The molecule has 3 N–H and O–H groups in total. The highest BCUT2D eigenvalue weighted by Crippen LogP contribution is 2.16.